The van der Waals surface area contributed by atoms with Crippen molar-refractivity contribution in [2.24, 2.45) is 0 Å². The first-order valence-electron chi connectivity index (χ1n) is 6.32. The van der Waals surface area contributed by atoms with Crippen LogP contribution in [0.15, 0.2) is 30.5 Å². The summed E-state index contributed by atoms with van der Waals surface area (Å²) >= 11 is 0. The Bertz CT molecular complexity index is 569. The van der Waals surface area contributed by atoms with Gasteiger partial charge in [-0.1, -0.05) is 19.1 Å². The molecule has 3 nitrogen and oxygen atoms in total. The standard InChI is InChI=1S/C15H19NO2/c1-10(2)16-8-7-13-12(5-4-6-14(13)16)11(3)9-15(17)18/h4-8,10-11H,9H2,1-3H3,(H,17,18). The zero-order chi connectivity index (χ0) is 13.3. The van der Waals surface area contributed by atoms with Crippen molar-refractivity contribution in [2.45, 2.75) is 39.2 Å². The summed E-state index contributed by atoms with van der Waals surface area (Å²) < 4.78 is 2.21. The molecule has 0 fully saturated rings. The first-order chi connectivity index (χ1) is 8.50. The molecule has 0 aliphatic carbocycles. The van der Waals surface area contributed by atoms with Crippen molar-refractivity contribution in [1.82, 2.24) is 4.57 Å². The third-order valence-electron chi connectivity index (χ3n) is 3.36. The summed E-state index contributed by atoms with van der Waals surface area (Å²) in [6.45, 7) is 6.26. The predicted octanol–water partition coefficient (Wildman–Crippen LogP) is 3.80. The molecule has 0 saturated carbocycles. The molecular weight excluding hydrogens is 226 g/mol. The number of carboxylic acid groups (broad SMARTS) is 1. The molecule has 1 unspecified atom stereocenters. The molecule has 2 rings (SSSR count). The van der Waals surface area contributed by atoms with Gasteiger partial charge in [-0.2, -0.15) is 0 Å². The number of aliphatic carboxylic acids is 1. The Hall–Kier alpha value is -1.77. The normalized spacial score (nSPS) is 13.1. The summed E-state index contributed by atoms with van der Waals surface area (Å²) in [7, 11) is 0. The first kappa shape index (κ1) is 12.7. The second kappa shape index (κ2) is 4.84. The summed E-state index contributed by atoms with van der Waals surface area (Å²) in [5, 5.41) is 10.1. The van der Waals surface area contributed by atoms with Crippen LogP contribution < -0.4 is 0 Å². The molecular formula is C15H19NO2. The molecule has 0 radical (unpaired) electrons. The number of hydrogen-bond donors (Lipinski definition) is 1. The molecule has 0 aliphatic heterocycles. The largest absolute Gasteiger partial charge is 0.481 e. The van der Waals surface area contributed by atoms with Gasteiger partial charge in [0.15, 0.2) is 0 Å². The second-order valence-corrected chi connectivity index (χ2v) is 5.10. The lowest BCUT2D eigenvalue weighted by atomic mass is 9.95. The molecule has 1 atom stereocenters. The molecule has 1 aromatic carbocycles. The maximum absolute atomic E-state index is 10.8. The SMILES string of the molecule is CC(CC(=O)O)c1cccc2c1ccn2C(C)C. The topological polar surface area (TPSA) is 42.2 Å². The maximum Gasteiger partial charge on any atom is 0.303 e. The van der Waals surface area contributed by atoms with Crippen LogP contribution in [0.1, 0.15) is 44.7 Å². The van der Waals surface area contributed by atoms with Gasteiger partial charge in [-0.3, -0.25) is 4.79 Å². The number of carbonyl (C=O) groups is 1. The third-order valence-corrected chi connectivity index (χ3v) is 3.36. The van der Waals surface area contributed by atoms with Crippen molar-refractivity contribution in [1.29, 1.82) is 0 Å². The van der Waals surface area contributed by atoms with E-state index in [4.69, 9.17) is 5.11 Å². The molecule has 2 aromatic rings. The Balaban J connectivity index is 2.49. The quantitative estimate of drug-likeness (QED) is 0.890. The van der Waals surface area contributed by atoms with Gasteiger partial charge < -0.3 is 9.67 Å². The fraction of sp³-hybridized carbons (Fsp3) is 0.400. The van der Waals surface area contributed by atoms with E-state index in [1.54, 1.807) is 0 Å². The van der Waals surface area contributed by atoms with Gasteiger partial charge in [0.05, 0.1) is 6.42 Å². The van der Waals surface area contributed by atoms with E-state index < -0.39 is 5.97 Å². The Kier molecular flexibility index (Phi) is 3.41. The maximum atomic E-state index is 10.8. The first-order valence-corrected chi connectivity index (χ1v) is 6.32. The molecule has 1 N–H and O–H groups in total. The highest BCUT2D eigenvalue weighted by Gasteiger charge is 2.14. The van der Waals surface area contributed by atoms with Crippen molar-refractivity contribution in [2.75, 3.05) is 0 Å². The van der Waals surface area contributed by atoms with Gasteiger partial charge in [0, 0.05) is 23.1 Å². The van der Waals surface area contributed by atoms with Crippen molar-refractivity contribution < 1.29 is 9.90 Å². The summed E-state index contributed by atoms with van der Waals surface area (Å²) in [6, 6.07) is 8.62. The third kappa shape index (κ3) is 2.26. The lowest BCUT2D eigenvalue weighted by molar-refractivity contribution is -0.137. The van der Waals surface area contributed by atoms with Crippen LogP contribution in [-0.2, 0) is 4.79 Å². The molecule has 0 spiro atoms. The van der Waals surface area contributed by atoms with Crippen LogP contribution in [0, 0.1) is 0 Å². The van der Waals surface area contributed by atoms with E-state index in [2.05, 4.69) is 36.7 Å². The van der Waals surface area contributed by atoms with Gasteiger partial charge in [0.25, 0.3) is 0 Å². The van der Waals surface area contributed by atoms with Crippen LogP contribution in [0.4, 0.5) is 0 Å². The Morgan fingerprint density at radius 2 is 2.00 bits per heavy atom. The zero-order valence-corrected chi connectivity index (χ0v) is 11.1. The number of nitrogens with zero attached hydrogens (tertiary/aromatic N) is 1. The van der Waals surface area contributed by atoms with Gasteiger partial charge in [0.2, 0.25) is 0 Å². The molecule has 18 heavy (non-hydrogen) atoms. The van der Waals surface area contributed by atoms with Crippen molar-refractivity contribution in [3.8, 4) is 0 Å². The van der Waals surface area contributed by atoms with Crippen LogP contribution in [0.5, 0.6) is 0 Å². The monoisotopic (exact) mass is 245 g/mol. The highest BCUT2D eigenvalue weighted by Crippen LogP contribution is 2.29. The van der Waals surface area contributed by atoms with Gasteiger partial charge in [-0.15, -0.1) is 0 Å². The second-order valence-electron chi connectivity index (χ2n) is 5.10. The number of aromatic nitrogens is 1. The van der Waals surface area contributed by atoms with Crippen molar-refractivity contribution >= 4 is 16.9 Å². The molecule has 0 amide bonds. The van der Waals surface area contributed by atoms with E-state index in [1.807, 2.05) is 19.1 Å². The summed E-state index contributed by atoms with van der Waals surface area (Å²) in [4.78, 5) is 10.8. The highest BCUT2D eigenvalue weighted by atomic mass is 16.4. The van der Waals surface area contributed by atoms with Crippen LogP contribution >= 0.6 is 0 Å². The van der Waals surface area contributed by atoms with E-state index in [-0.39, 0.29) is 12.3 Å². The number of hydrogen-bond acceptors (Lipinski definition) is 1. The van der Waals surface area contributed by atoms with Gasteiger partial charge >= 0.3 is 5.97 Å². The Morgan fingerprint density at radius 3 is 2.61 bits per heavy atom. The molecule has 1 heterocycles. The average Bonchev–Trinajstić information content (AvgIpc) is 2.71. The van der Waals surface area contributed by atoms with E-state index >= 15 is 0 Å². The van der Waals surface area contributed by atoms with Gasteiger partial charge in [-0.05, 0) is 37.5 Å². The zero-order valence-electron chi connectivity index (χ0n) is 11.1. The highest BCUT2D eigenvalue weighted by molar-refractivity contribution is 5.85. The summed E-state index contributed by atoms with van der Waals surface area (Å²) in [5.74, 6) is -0.711. The van der Waals surface area contributed by atoms with E-state index in [0.717, 1.165) is 5.56 Å². The Labute approximate surface area is 107 Å². The smallest absolute Gasteiger partial charge is 0.303 e. The van der Waals surface area contributed by atoms with Crippen molar-refractivity contribution in [3.05, 3.63) is 36.0 Å². The molecule has 96 valence electrons. The van der Waals surface area contributed by atoms with E-state index in [1.165, 1.54) is 10.9 Å². The molecule has 1 aromatic heterocycles. The van der Waals surface area contributed by atoms with Crippen molar-refractivity contribution in [3.63, 3.8) is 0 Å². The number of carboxylic acids is 1. The van der Waals surface area contributed by atoms with Gasteiger partial charge in [0.1, 0.15) is 0 Å². The molecule has 0 bridgehead atoms. The minimum atomic E-state index is -0.747. The lowest BCUT2D eigenvalue weighted by Crippen LogP contribution is -2.03. The van der Waals surface area contributed by atoms with Crippen LogP contribution in [0.25, 0.3) is 10.9 Å². The van der Waals surface area contributed by atoms with Crippen LogP contribution in [0.2, 0.25) is 0 Å². The molecule has 0 aliphatic rings. The van der Waals surface area contributed by atoms with Crippen LogP contribution in [-0.4, -0.2) is 15.6 Å². The fourth-order valence-corrected chi connectivity index (χ4v) is 2.46. The molecule has 0 saturated heterocycles. The lowest BCUT2D eigenvalue weighted by Gasteiger charge is -2.13. The average molecular weight is 245 g/mol. The fourth-order valence-electron chi connectivity index (χ4n) is 2.46. The predicted molar refractivity (Wildman–Crippen MR) is 73.0 cm³/mol. The number of rotatable bonds is 4. The minimum Gasteiger partial charge on any atom is -0.481 e. The Morgan fingerprint density at radius 1 is 1.28 bits per heavy atom. The minimum absolute atomic E-state index is 0.0363. The number of benzene rings is 1. The number of fused-ring (bicyclic) bond motifs is 1. The van der Waals surface area contributed by atoms with E-state index in [0.29, 0.717) is 6.04 Å². The summed E-state index contributed by atoms with van der Waals surface area (Å²) in [6.07, 6.45) is 2.25. The molecule has 3 heteroatoms. The van der Waals surface area contributed by atoms with E-state index in [9.17, 15) is 4.79 Å². The van der Waals surface area contributed by atoms with Crippen LogP contribution in [0.3, 0.4) is 0 Å². The summed E-state index contributed by atoms with van der Waals surface area (Å²) in [5.41, 5.74) is 2.30. The van der Waals surface area contributed by atoms with Gasteiger partial charge in [-0.25, -0.2) is 0 Å².